The van der Waals surface area contributed by atoms with Gasteiger partial charge in [0.2, 0.25) is 0 Å². The number of nitrogens with zero attached hydrogens (tertiary/aromatic N) is 2. The van der Waals surface area contributed by atoms with E-state index in [0.717, 1.165) is 30.7 Å². The number of aromatic nitrogens is 1. The zero-order valence-corrected chi connectivity index (χ0v) is 12.1. The molecule has 2 aliphatic rings. The second kappa shape index (κ2) is 5.60. The molecular formula is C15H19ClN2O2. The van der Waals surface area contributed by atoms with Crippen molar-refractivity contribution in [1.29, 1.82) is 0 Å². The third-order valence-electron chi connectivity index (χ3n) is 4.65. The van der Waals surface area contributed by atoms with Gasteiger partial charge in [0.25, 0.3) is 0 Å². The molecule has 5 heteroatoms. The van der Waals surface area contributed by atoms with E-state index in [4.69, 9.17) is 16.7 Å². The molecule has 0 aromatic carbocycles. The predicted octanol–water partition coefficient (Wildman–Crippen LogP) is 3.45. The lowest BCUT2D eigenvalue weighted by atomic mass is 9.75. The minimum atomic E-state index is -1.07. The molecule has 20 heavy (non-hydrogen) atoms. The normalized spacial score (nSPS) is 26.1. The van der Waals surface area contributed by atoms with Crippen molar-refractivity contribution in [2.45, 2.75) is 32.1 Å². The SMILES string of the molecule is O=C(O)c1nc(N2CCC3CCCCC3C2)ccc1Cl. The van der Waals surface area contributed by atoms with Crippen LogP contribution in [0.2, 0.25) is 5.02 Å². The lowest BCUT2D eigenvalue weighted by Gasteiger charge is -2.41. The van der Waals surface area contributed by atoms with Crippen LogP contribution in [0.3, 0.4) is 0 Å². The number of hydrogen-bond acceptors (Lipinski definition) is 3. The first-order valence-corrected chi connectivity index (χ1v) is 7.67. The van der Waals surface area contributed by atoms with Gasteiger partial charge in [0.15, 0.2) is 5.69 Å². The number of anilines is 1. The van der Waals surface area contributed by atoms with Crippen LogP contribution < -0.4 is 4.90 Å². The van der Waals surface area contributed by atoms with Crippen molar-refractivity contribution in [2.24, 2.45) is 11.8 Å². The molecule has 1 aliphatic heterocycles. The molecule has 3 rings (SSSR count). The van der Waals surface area contributed by atoms with E-state index in [1.807, 2.05) is 6.07 Å². The lowest BCUT2D eigenvalue weighted by molar-refractivity contribution is 0.0690. The maximum absolute atomic E-state index is 11.1. The summed E-state index contributed by atoms with van der Waals surface area (Å²) in [6.45, 7) is 1.97. The van der Waals surface area contributed by atoms with Crippen LogP contribution in [0.15, 0.2) is 12.1 Å². The fraction of sp³-hybridized carbons (Fsp3) is 0.600. The maximum atomic E-state index is 11.1. The predicted molar refractivity (Wildman–Crippen MR) is 78.5 cm³/mol. The summed E-state index contributed by atoms with van der Waals surface area (Å²) in [6.07, 6.45) is 6.53. The van der Waals surface area contributed by atoms with Crippen LogP contribution in [0.25, 0.3) is 0 Å². The number of halogens is 1. The standard InChI is InChI=1S/C15H19ClN2O2/c16-12-5-6-13(17-14(12)15(19)20)18-8-7-10-3-1-2-4-11(10)9-18/h5-6,10-11H,1-4,7-9H2,(H,19,20). The molecule has 0 bridgehead atoms. The molecular weight excluding hydrogens is 276 g/mol. The van der Waals surface area contributed by atoms with Crippen molar-refractivity contribution in [2.75, 3.05) is 18.0 Å². The van der Waals surface area contributed by atoms with Crippen molar-refractivity contribution < 1.29 is 9.90 Å². The molecule has 2 heterocycles. The van der Waals surface area contributed by atoms with Crippen molar-refractivity contribution >= 4 is 23.4 Å². The number of carbonyl (C=O) groups is 1. The van der Waals surface area contributed by atoms with E-state index in [2.05, 4.69) is 9.88 Å². The Morgan fingerprint density at radius 1 is 1.25 bits per heavy atom. The van der Waals surface area contributed by atoms with E-state index in [0.29, 0.717) is 0 Å². The number of piperidine rings is 1. The van der Waals surface area contributed by atoms with Crippen LogP contribution in [-0.2, 0) is 0 Å². The number of carboxylic acids is 1. The van der Waals surface area contributed by atoms with Gasteiger partial charge in [0, 0.05) is 13.1 Å². The van der Waals surface area contributed by atoms with Crippen LogP contribution in [0.5, 0.6) is 0 Å². The van der Waals surface area contributed by atoms with E-state index in [1.165, 1.54) is 32.1 Å². The first-order valence-electron chi connectivity index (χ1n) is 7.30. The van der Waals surface area contributed by atoms with E-state index in [-0.39, 0.29) is 10.7 Å². The first-order chi connectivity index (χ1) is 9.65. The smallest absolute Gasteiger partial charge is 0.356 e. The molecule has 0 spiro atoms. The summed E-state index contributed by atoms with van der Waals surface area (Å²) in [7, 11) is 0. The van der Waals surface area contributed by atoms with E-state index in [9.17, 15) is 4.79 Å². The maximum Gasteiger partial charge on any atom is 0.356 e. The highest BCUT2D eigenvalue weighted by atomic mass is 35.5. The molecule has 1 aromatic heterocycles. The highest BCUT2D eigenvalue weighted by Crippen LogP contribution is 2.37. The average Bonchev–Trinajstić information content (AvgIpc) is 2.47. The Balaban J connectivity index is 1.79. The summed E-state index contributed by atoms with van der Waals surface area (Å²) in [5.74, 6) is 1.27. The number of hydrogen-bond donors (Lipinski definition) is 1. The Labute approximate surface area is 123 Å². The Morgan fingerprint density at radius 3 is 2.75 bits per heavy atom. The van der Waals surface area contributed by atoms with E-state index >= 15 is 0 Å². The molecule has 2 fully saturated rings. The number of rotatable bonds is 2. The van der Waals surface area contributed by atoms with Crippen LogP contribution in [0.1, 0.15) is 42.6 Å². The summed E-state index contributed by atoms with van der Waals surface area (Å²) >= 11 is 5.88. The fourth-order valence-electron chi connectivity index (χ4n) is 3.57. The number of fused-ring (bicyclic) bond motifs is 1. The zero-order chi connectivity index (χ0) is 14.1. The summed E-state index contributed by atoms with van der Waals surface area (Å²) in [4.78, 5) is 17.6. The minimum absolute atomic E-state index is 0.0464. The summed E-state index contributed by atoms with van der Waals surface area (Å²) in [6, 6.07) is 3.47. The van der Waals surface area contributed by atoms with Gasteiger partial charge in [-0.3, -0.25) is 0 Å². The molecule has 0 radical (unpaired) electrons. The van der Waals surface area contributed by atoms with Gasteiger partial charge < -0.3 is 10.0 Å². The van der Waals surface area contributed by atoms with Gasteiger partial charge in [-0.2, -0.15) is 0 Å². The molecule has 1 aliphatic carbocycles. The monoisotopic (exact) mass is 294 g/mol. The largest absolute Gasteiger partial charge is 0.476 e. The second-order valence-electron chi connectivity index (χ2n) is 5.84. The van der Waals surface area contributed by atoms with Gasteiger partial charge >= 0.3 is 5.97 Å². The van der Waals surface area contributed by atoms with Crippen molar-refractivity contribution in [1.82, 2.24) is 4.98 Å². The molecule has 108 valence electrons. The summed E-state index contributed by atoms with van der Waals surface area (Å²) in [5.41, 5.74) is -0.0464. The lowest BCUT2D eigenvalue weighted by Crippen LogP contribution is -2.42. The molecule has 1 aromatic rings. The Bertz CT molecular complexity index is 521. The third kappa shape index (κ3) is 2.62. The molecule has 2 unspecified atom stereocenters. The molecule has 0 amide bonds. The van der Waals surface area contributed by atoms with Gasteiger partial charge in [-0.1, -0.05) is 30.9 Å². The molecule has 1 saturated carbocycles. The zero-order valence-electron chi connectivity index (χ0n) is 11.4. The van der Waals surface area contributed by atoms with Crippen LogP contribution in [-0.4, -0.2) is 29.1 Å². The Hall–Kier alpha value is -1.29. The van der Waals surface area contributed by atoms with E-state index in [1.54, 1.807) is 6.07 Å². The number of aromatic carboxylic acids is 1. The first kappa shape index (κ1) is 13.7. The fourth-order valence-corrected chi connectivity index (χ4v) is 3.75. The van der Waals surface area contributed by atoms with Crippen LogP contribution in [0.4, 0.5) is 5.82 Å². The van der Waals surface area contributed by atoms with Gasteiger partial charge in [-0.15, -0.1) is 0 Å². The minimum Gasteiger partial charge on any atom is -0.476 e. The summed E-state index contributed by atoms with van der Waals surface area (Å²) in [5, 5.41) is 9.31. The quantitative estimate of drug-likeness (QED) is 0.908. The van der Waals surface area contributed by atoms with Crippen LogP contribution in [0, 0.1) is 11.8 Å². The second-order valence-corrected chi connectivity index (χ2v) is 6.25. The van der Waals surface area contributed by atoms with Crippen molar-refractivity contribution in [3.8, 4) is 0 Å². The highest BCUT2D eigenvalue weighted by Gasteiger charge is 2.31. The van der Waals surface area contributed by atoms with Crippen molar-refractivity contribution in [3.05, 3.63) is 22.8 Å². The summed E-state index contributed by atoms with van der Waals surface area (Å²) < 4.78 is 0. The van der Waals surface area contributed by atoms with Gasteiger partial charge in [-0.25, -0.2) is 9.78 Å². The topological polar surface area (TPSA) is 53.4 Å². The van der Waals surface area contributed by atoms with Gasteiger partial charge in [0.1, 0.15) is 5.82 Å². The van der Waals surface area contributed by atoms with E-state index < -0.39 is 5.97 Å². The van der Waals surface area contributed by atoms with Gasteiger partial charge in [-0.05, 0) is 36.8 Å². The third-order valence-corrected chi connectivity index (χ3v) is 4.95. The van der Waals surface area contributed by atoms with Crippen LogP contribution >= 0.6 is 11.6 Å². The Kier molecular flexibility index (Phi) is 3.83. The van der Waals surface area contributed by atoms with Gasteiger partial charge in [0.05, 0.1) is 5.02 Å². The molecule has 2 atom stereocenters. The molecule has 4 nitrogen and oxygen atoms in total. The average molecular weight is 295 g/mol. The highest BCUT2D eigenvalue weighted by molar-refractivity contribution is 6.33. The number of carboxylic acid groups (broad SMARTS) is 1. The molecule has 1 saturated heterocycles. The van der Waals surface area contributed by atoms with Crippen molar-refractivity contribution in [3.63, 3.8) is 0 Å². The Morgan fingerprint density at radius 2 is 2.00 bits per heavy atom. The molecule has 1 N–H and O–H groups in total. The number of pyridine rings is 1.